The molecular formula is C18H25N3O7. The highest BCUT2D eigenvalue weighted by molar-refractivity contribution is 5.66. The van der Waals surface area contributed by atoms with E-state index in [0.717, 1.165) is 19.3 Å². The van der Waals surface area contributed by atoms with Crippen molar-refractivity contribution < 1.29 is 33.3 Å². The van der Waals surface area contributed by atoms with Crippen LogP contribution in [-0.2, 0) is 39.9 Å². The summed E-state index contributed by atoms with van der Waals surface area (Å²) >= 11 is 0. The van der Waals surface area contributed by atoms with Crippen LogP contribution in [0.1, 0.15) is 45.0 Å². The Morgan fingerprint density at radius 2 is 2.11 bits per heavy atom. The second kappa shape index (κ2) is 9.76. The second-order valence-electron chi connectivity index (χ2n) is 6.62. The summed E-state index contributed by atoms with van der Waals surface area (Å²) in [5.74, 6) is -0.893. The fourth-order valence-electron chi connectivity index (χ4n) is 2.95. The van der Waals surface area contributed by atoms with Crippen molar-refractivity contribution in [2.45, 2.75) is 64.4 Å². The van der Waals surface area contributed by atoms with Gasteiger partial charge < -0.3 is 23.7 Å². The summed E-state index contributed by atoms with van der Waals surface area (Å²) in [6.07, 6.45) is 6.06. The molecule has 3 rings (SSSR count). The van der Waals surface area contributed by atoms with Gasteiger partial charge in [0.15, 0.2) is 12.5 Å². The Bertz CT molecular complexity index is 699. The SMILES string of the molecule is CC(=O)OC[C@H]1O[C@H](n2cc(COC3CCCCO3)nn2)C=C[C@@H]1OC(C)=O. The van der Waals surface area contributed by atoms with E-state index in [1.807, 2.05) is 0 Å². The van der Waals surface area contributed by atoms with Crippen molar-refractivity contribution in [2.75, 3.05) is 13.2 Å². The molecule has 1 aromatic heterocycles. The number of aromatic nitrogens is 3. The number of esters is 2. The summed E-state index contributed by atoms with van der Waals surface area (Å²) in [7, 11) is 0. The van der Waals surface area contributed by atoms with Crippen LogP contribution in [0.3, 0.4) is 0 Å². The van der Waals surface area contributed by atoms with Crippen LogP contribution in [0.15, 0.2) is 18.3 Å². The molecular weight excluding hydrogens is 370 g/mol. The first-order chi connectivity index (χ1) is 13.5. The molecule has 154 valence electrons. The predicted molar refractivity (Wildman–Crippen MR) is 93.6 cm³/mol. The topological polar surface area (TPSA) is 111 Å². The lowest BCUT2D eigenvalue weighted by Gasteiger charge is -2.31. The van der Waals surface area contributed by atoms with Gasteiger partial charge in [0.2, 0.25) is 0 Å². The molecule has 0 amide bonds. The lowest BCUT2D eigenvalue weighted by Crippen LogP contribution is -2.40. The molecule has 1 fully saturated rings. The smallest absolute Gasteiger partial charge is 0.303 e. The molecule has 0 aromatic carbocycles. The van der Waals surface area contributed by atoms with Crippen LogP contribution in [-0.4, -0.2) is 58.6 Å². The first kappa shape index (κ1) is 20.4. The van der Waals surface area contributed by atoms with Gasteiger partial charge in [0.05, 0.1) is 12.8 Å². The monoisotopic (exact) mass is 395 g/mol. The summed E-state index contributed by atoms with van der Waals surface area (Å²) in [6, 6.07) is 0. The van der Waals surface area contributed by atoms with E-state index in [1.165, 1.54) is 18.5 Å². The number of rotatable bonds is 7. The molecule has 1 unspecified atom stereocenters. The van der Waals surface area contributed by atoms with Crippen molar-refractivity contribution in [2.24, 2.45) is 0 Å². The number of ether oxygens (including phenoxy) is 5. The third kappa shape index (κ3) is 5.85. The van der Waals surface area contributed by atoms with Crippen LogP contribution in [0.4, 0.5) is 0 Å². The van der Waals surface area contributed by atoms with Gasteiger partial charge in [-0.2, -0.15) is 0 Å². The minimum Gasteiger partial charge on any atom is -0.463 e. The number of nitrogens with zero attached hydrogens (tertiary/aromatic N) is 3. The molecule has 0 radical (unpaired) electrons. The van der Waals surface area contributed by atoms with E-state index in [9.17, 15) is 9.59 Å². The molecule has 0 aliphatic carbocycles. The van der Waals surface area contributed by atoms with Crippen LogP contribution in [0, 0.1) is 0 Å². The van der Waals surface area contributed by atoms with Crippen LogP contribution in [0.2, 0.25) is 0 Å². The zero-order chi connectivity index (χ0) is 19.9. The molecule has 0 bridgehead atoms. The van der Waals surface area contributed by atoms with Gasteiger partial charge in [0.25, 0.3) is 0 Å². The van der Waals surface area contributed by atoms with E-state index in [-0.39, 0.29) is 19.5 Å². The third-order valence-corrected chi connectivity index (χ3v) is 4.27. The second-order valence-corrected chi connectivity index (χ2v) is 6.62. The highest BCUT2D eigenvalue weighted by Crippen LogP contribution is 2.23. The van der Waals surface area contributed by atoms with E-state index in [4.69, 9.17) is 23.7 Å². The average molecular weight is 395 g/mol. The number of carbonyl (C=O) groups excluding carboxylic acids is 2. The Morgan fingerprint density at radius 3 is 2.82 bits per heavy atom. The Labute approximate surface area is 162 Å². The van der Waals surface area contributed by atoms with Gasteiger partial charge in [-0.15, -0.1) is 5.10 Å². The third-order valence-electron chi connectivity index (χ3n) is 4.27. The van der Waals surface area contributed by atoms with Crippen molar-refractivity contribution >= 4 is 11.9 Å². The first-order valence-corrected chi connectivity index (χ1v) is 9.29. The van der Waals surface area contributed by atoms with Gasteiger partial charge in [-0.1, -0.05) is 5.21 Å². The lowest BCUT2D eigenvalue weighted by molar-refractivity contribution is -0.170. The van der Waals surface area contributed by atoms with E-state index in [0.29, 0.717) is 12.3 Å². The fourth-order valence-corrected chi connectivity index (χ4v) is 2.95. The highest BCUT2D eigenvalue weighted by atomic mass is 16.7. The molecule has 0 saturated carbocycles. The van der Waals surface area contributed by atoms with Crippen LogP contribution in [0.25, 0.3) is 0 Å². The molecule has 3 heterocycles. The van der Waals surface area contributed by atoms with Gasteiger partial charge in [-0.3, -0.25) is 9.59 Å². The van der Waals surface area contributed by atoms with Crippen molar-refractivity contribution in [1.29, 1.82) is 0 Å². The molecule has 28 heavy (non-hydrogen) atoms. The van der Waals surface area contributed by atoms with Crippen LogP contribution in [0.5, 0.6) is 0 Å². The highest BCUT2D eigenvalue weighted by Gasteiger charge is 2.32. The van der Waals surface area contributed by atoms with E-state index < -0.39 is 30.4 Å². The molecule has 0 spiro atoms. The molecule has 1 saturated heterocycles. The summed E-state index contributed by atoms with van der Waals surface area (Å²) in [4.78, 5) is 22.4. The molecule has 10 nitrogen and oxygen atoms in total. The minimum atomic E-state index is -0.651. The molecule has 2 aliphatic rings. The van der Waals surface area contributed by atoms with Crippen molar-refractivity contribution in [3.8, 4) is 0 Å². The van der Waals surface area contributed by atoms with E-state index >= 15 is 0 Å². The molecule has 10 heteroatoms. The largest absolute Gasteiger partial charge is 0.463 e. The van der Waals surface area contributed by atoms with Crippen LogP contribution < -0.4 is 0 Å². The van der Waals surface area contributed by atoms with Gasteiger partial charge in [0, 0.05) is 20.5 Å². The van der Waals surface area contributed by atoms with Crippen LogP contribution >= 0.6 is 0 Å². The predicted octanol–water partition coefficient (Wildman–Crippen LogP) is 1.27. The quantitative estimate of drug-likeness (QED) is 0.498. The van der Waals surface area contributed by atoms with E-state index in [2.05, 4.69) is 10.3 Å². The maximum Gasteiger partial charge on any atom is 0.303 e. The Balaban J connectivity index is 1.60. The Hall–Kier alpha value is -2.30. The standard InChI is InChI=1S/C18H25N3O7/c1-12(22)25-11-16-15(27-13(2)23)6-7-17(28-16)21-9-14(19-20-21)10-26-18-5-3-4-8-24-18/h6-7,9,15-18H,3-5,8,10-11H2,1-2H3/t15-,16+,17-,18?/m0/s1. The van der Waals surface area contributed by atoms with Crippen molar-refractivity contribution in [3.63, 3.8) is 0 Å². The summed E-state index contributed by atoms with van der Waals surface area (Å²) < 4.78 is 28.9. The van der Waals surface area contributed by atoms with Gasteiger partial charge in [0.1, 0.15) is 24.5 Å². The molecule has 0 N–H and O–H groups in total. The zero-order valence-electron chi connectivity index (χ0n) is 16.0. The maximum absolute atomic E-state index is 11.3. The number of carbonyl (C=O) groups is 2. The maximum atomic E-state index is 11.3. The summed E-state index contributed by atoms with van der Waals surface area (Å²) in [6.45, 7) is 3.57. The van der Waals surface area contributed by atoms with Gasteiger partial charge in [-0.05, 0) is 31.4 Å². The lowest BCUT2D eigenvalue weighted by atomic mass is 10.1. The van der Waals surface area contributed by atoms with Crippen molar-refractivity contribution in [1.82, 2.24) is 15.0 Å². The average Bonchev–Trinajstić information content (AvgIpc) is 3.15. The van der Waals surface area contributed by atoms with Gasteiger partial charge >= 0.3 is 11.9 Å². The Kier molecular flexibility index (Phi) is 7.12. The molecule has 4 atom stereocenters. The zero-order valence-corrected chi connectivity index (χ0v) is 16.0. The van der Waals surface area contributed by atoms with Gasteiger partial charge in [-0.25, -0.2) is 4.68 Å². The van der Waals surface area contributed by atoms with Crippen molar-refractivity contribution in [3.05, 3.63) is 24.0 Å². The first-order valence-electron chi connectivity index (χ1n) is 9.29. The fraction of sp³-hybridized carbons (Fsp3) is 0.667. The number of hydrogen-bond donors (Lipinski definition) is 0. The molecule has 1 aromatic rings. The number of hydrogen-bond acceptors (Lipinski definition) is 9. The van der Waals surface area contributed by atoms with E-state index in [1.54, 1.807) is 18.3 Å². The Morgan fingerprint density at radius 1 is 1.25 bits per heavy atom. The molecule has 2 aliphatic heterocycles. The minimum absolute atomic E-state index is 0.0438. The summed E-state index contributed by atoms with van der Waals surface area (Å²) in [5, 5.41) is 8.16. The normalized spacial score (nSPS) is 27.4. The summed E-state index contributed by atoms with van der Waals surface area (Å²) in [5.41, 5.74) is 0.643.